The average Bonchev–Trinajstić information content (AvgIpc) is 2.96. The molecule has 2 aliphatic heterocycles. The maximum absolute atomic E-state index is 13.1. The van der Waals surface area contributed by atoms with Crippen LogP contribution >= 0.6 is 23.4 Å². The molecule has 0 atom stereocenters. The molecule has 0 N–H and O–H groups in total. The van der Waals surface area contributed by atoms with Crippen molar-refractivity contribution in [3.8, 4) is 0 Å². The highest BCUT2D eigenvalue weighted by Gasteiger charge is 2.31. The molecule has 0 saturated heterocycles. The van der Waals surface area contributed by atoms with Crippen LogP contribution < -0.4 is 4.90 Å². The monoisotopic (exact) mass is 302 g/mol. The number of hydrogen-bond donors (Lipinski definition) is 0. The standard InChI is InChI=1S/C9H6ClFN2S.C3H6O2/c10-7-5(11)1-2-6-8(7)14-9-12-3-4-13(6)9;1-2-5-3-4/h1-2H,3-4H2;3H,2H2,1H3. The first kappa shape index (κ1) is 14.1. The van der Waals surface area contributed by atoms with E-state index in [1.54, 1.807) is 13.0 Å². The van der Waals surface area contributed by atoms with Crippen LogP contribution in [0.3, 0.4) is 0 Å². The summed E-state index contributed by atoms with van der Waals surface area (Å²) >= 11 is 7.32. The Morgan fingerprint density at radius 3 is 3.05 bits per heavy atom. The zero-order chi connectivity index (χ0) is 13.8. The largest absolute Gasteiger partial charge is 0.468 e. The molecular formula is C12H12ClFN2O2S. The number of ether oxygens (including phenoxy) is 1. The van der Waals surface area contributed by atoms with E-state index < -0.39 is 0 Å². The van der Waals surface area contributed by atoms with Crippen molar-refractivity contribution in [1.29, 1.82) is 0 Å². The number of hydrogen-bond acceptors (Lipinski definition) is 5. The van der Waals surface area contributed by atoms with Crippen molar-refractivity contribution < 1.29 is 13.9 Å². The molecule has 1 aromatic rings. The predicted molar refractivity (Wildman–Crippen MR) is 74.6 cm³/mol. The Hall–Kier alpha value is -1.27. The van der Waals surface area contributed by atoms with Gasteiger partial charge in [-0.25, -0.2) is 4.39 Å². The van der Waals surface area contributed by atoms with Gasteiger partial charge in [-0.1, -0.05) is 11.6 Å². The van der Waals surface area contributed by atoms with Crippen molar-refractivity contribution >= 4 is 40.7 Å². The number of halogens is 2. The van der Waals surface area contributed by atoms with Crippen LogP contribution in [-0.4, -0.2) is 31.3 Å². The smallest absolute Gasteiger partial charge is 0.293 e. The average molecular weight is 303 g/mol. The van der Waals surface area contributed by atoms with Gasteiger partial charge in [0, 0.05) is 6.54 Å². The predicted octanol–water partition coefficient (Wildman–Crippen LogP) is 2.94. The van der Waals surface area contributed by atoms with Gasteiger partial charge in [0.1, 0.15) is 5.82 Å². The van der Waals surface area contributed by atoms with Crippen LogP contribution in [-0.2, 0) is 9.53 Å². The van der Waals surface area contributed by atoms with Crippen LogP contribution in [0.15, 0.2) is 22.0 Å². The summed E-state index contributed by atoms with van der Waals surface area (Å²) in [5, 5.41) is 1.15. The third-order valence-corrected chi connectivity index (χ3v) is 4.18. The minimum Gasteiger partial charge on any atom is -0.468 e. The second-order valence-corrected chi connectivity index (χ2v) is 5.03. The van der Waals surface area contributed by atoms with Crippen molar-refractivity contribution in [3.63, 3.8) is 0 Å². The van der Waals surface area contributed by atoms with Crippen molar-refractivity contribution in [2.45, 2.75) is 11.8 Å². The molecular weight excluding hydrogens is 291 g/mol. The molecule has 19 heavy (non-hydrogen) atoms. The number of carbonyl (C=O) groups excluding carboxylic acids is 1. The highest BCUT2D eigenvalue weighted by atomic mass is 35.5. The van der Waals surface area contributed by atoms with Gasteiger partial charge in [0.05, 0.1) is 28.8 Å². The molecule has 1 aromatic carbocycles. The molecule has 0 aromatic heterocycles. The highest BCUT2D eigenvalue weighted by molar-refractivity contribution is 8.15. The second kappa shape index (κ2) is 6.25. The Balaban J connectivity index is 0.000000232. The third kappa shape index (κ3) is 2.84. The minimum absolute atomic E-state index is 0.213. The van der Waals surface area contributed by atoms with E-state index in [0.717, 1.165) is 28.8 Å². The minimum atomic E-state index is -0.361. The van der Waals surface area contributed by atoms with E-state index in [0.29, 0.717) is 13.1 Å². The Kier molecular flexibility index (Phi) is 4.66. The molecule has 102 valence electrons. The summed E-state index contributed by atoms with van der Waals surface area (Å²) in [6, 6.07) is 3.17. The van der Waals surface area contributed by atoms with Gasteiger partial charge in [-0.05, 0) is 30.8 Å². The Labute approximate surface area is 119 Å². The lowest BCUT2D eigenvalue weighted by Gasteiger charge is -2.11. The van der Waals surface area contributed by atoms with Gasteiger partial charge >= 0.3 is 0 Å². The molecule has 3 rings (SSSR count). The quantitative estimate of drug-likeness (QED) is 0.788. The molecule has 0 spiro atoms. The molecule has 4 nitrogen and oxygen atoms in total. The first-order chi connectivity index (χ1) is 9.19. The van der Waals surface area contributed by atoms with Crippen LogP contribution in [0.1, 0.15) is 6.92 Å². The van der Waals surface area contributed by atoms with Gasteiger partial charge in [-0.2, -0.15) is 0 Å². The molecule has 0 aliphatic carbocycles. The molecule has 0 bridgehead atoms. The molecule has 0 amide bonds. The maximum atomic E-state index is 13.1. The molecule has 7 heteroatoms. The van der Waals surface area contributed by atoms with Crippen LogP contribution in [0.5, 0.6) is 0 Å². The van der Waals surface area contributed by atoms with Gasteiger partial charge < -0.3 is 9.64 Å². The van der Waals surface area contributed by atoms with Gasteiger partial charge in [-0.15, -0.1) is 0 Å². The van der Waals surface area contributed by atoms with Crippen LogP contribution in [0, 0.1) is 5.82 Å². The van der Waals surface area contributed by atoms with E-state index in [9.17, 15) is 9.18 Å². The Morgan fingerprint density at radius 1 is 1.63 bits per heavy atom. The topological polar surface area (TPSA) is 41.9 Å². The fraction of sp³-hybridized carbons (Fsp3) is 0.333. The number of amidine groups is 1. The lowest BCUT2D eigenvalue weighted by Crippen LogP contribution is -2.20. The van der Waals surface area contributed by atoms with E-state index in [1.807, 2.05) is 0 Å². The highest BCUT2D eigenvalue weighted by Crippen LogP contribution is 2.46. The van der Waals surface area contributed by atoms with Crippen molar-refractivity contribution in [3.05, 3.63) is 23.0 Å². The van der Waals surface area contributed by atoms with Gasteiger partial charge in [-0.3, -0.25) is 9.79 Å². The number of benzene rings is 1. The summed E-state index contributed by atoms with van der Waals surface area (Å²) in [4.78, 5) is 16.4. The van der Waals surface area contributed by atoms with Crippen LogP contribution in [0.25, 0.3) is 0 Å². The van der Waals surface area contributed by atoms with Gasteiger partial charge in [0.25, 0.3) is 6.47 Å². The Bertz CT molecular complexity index is 525. The maximum Gasteiger partial charge on any atom is 0.293 e. The molecule has 2 heterocycles. The van der Waals surface area contributed by atoms with E-state index in [1.165, 1.54) is 17.8 Å². The Morgan fingerprint density at radius 2 is 2.42 bits per heavy atom. The van der Waals surface area contributed by atoms with E-state index >= 15 is 0 Å². The number of anilines is 1. The summed E-state index contributed by atoms with van der Waals surface area (Å²) in [5.41, 5.74) is 0.984. The summed E-state index contributed by atoms with van der Waals surface area (Å²) in [6.07, 6.45) is 0. The van der Waals surface area contributed by atoms with Crippen molar-refractivity contribution in [2.24, 2.45) is 4.99 Å². The lowest BCUT2D eigenvalue weighted by molar-refractivity contribution is -0.128. The number of rotatable bonds is 2. The van der Waals surface area contributed by atoms with Crippen molar-refractivity contribution in [1.82, 2.24) is 0 Å². The van der Waals surface area contributed by atoms with Gasteiger partial charge in [0.15, 0.2) is 5.17 Å². The molecule has 0 radical (unpaired) electrons. The fourth-order valence-corrected chi connectivity index (χ4v) is 3.11. The first-order valence-electron chi connectivity index (χ1n) is 5.72. The number of nitrogens with zero attached hydrogens (tertiary/aromatic N) is 2. The zero-order valence-corrected chi connectivity index (χ0v) is 11.8. The number of carbonyl (C=O) groups is 1. The summed E-state index contributed by atoms with van der Waals surface area (Å²) in [7, 11) is 0. The number of fused-ring (bicyclic) bond motifs is 3. The second-order valence-electron chi connectivity index (χ2n) is 3.68. The van der Waals surface area contributed by atoms with Gasteiger partial charge in [0.2, 0.25) is 0 Å². The zero-order valence-electron chi connectivity index (χ0n) is 10.2. The van der Waals surface area contributed by atoms with Crippen LogP contribution in [0.2, 0.25) is 5.02 Å². The number of aliphatic imine (C=N–C) groups is 1. The lowest BCUT2D eigenvalue weighted by atomic mass is 10.3. The van der Waals surface area contributed by atoms with Crippen LogP contribution in [0.4, 0.5) is 10.1 Å². The molecule has 0 fully saturated rings. The molecule has 0 saturated carbocycles. The third-order valence-electron chi connectivity index (χ3n) is 2.55. The normalized spacial score (nSPS) is 15.1. The van der Waals surface area contributed by atoms with E-state index in [4.69, 9.17) is 11.6 Å². The fourth-order valence-electron chi connectivity index (χ4n) is 1.73. The van der Waals surface area contributed by atoms with E-state index in [-0.39, 0.29) is 10.8 Å². The number of thioether (sulfide) groups is 1. The SMILES string of the molecule is CCOC=O.Fc1ccc2c(c1Cl)SC1=NCCN12. The molecule has 2 aliphatic rings. The first-order valence-corrected chi connectivity index (χ1v) is 6.91. The van der Waals surface area contributed by atoms with E-state index in [2.05, 4.69) is 14.6 Å². The van der Waals surface area contributed by atoms with Crippen molar-refractivity contribution in [2.75, 3.05) is 24.6 Å². The summed E-state index contributed by atoms with van der Waals surface area (Å²) in [5.74, 6) is -0.361. The molecule has 0 unspecified atom stereocenters. The summed E-state index contributed by atoms with van der Waals surface area (Å²) in [6.45, 7) is 4.35. The summed E-state index contributed by atoms with van der Waals surface area (Å²) < 4.78 is 17.3.